The lowest BCUT2D eigenvalue weighted by Crippen LogP contribution is -2.37. The molecule has 0 radical (unpaired) electrons. The Labute approximate surface area is 116 Å². The van der Waals surface area contributed by atoms with Gasteiger partial charge in [0.25, 0.3) is 5.91 Å². The average molecular weight is 311 g/mol. The molecule has 1 unspecified atom stereocenters. The number of hydrogen-bond acceptors (Lipinski definition) is 2. The molecule has 3 nitrogen and oxygen atoms in total. The van der Waals surface area contributed by atoms with E-state index in [4.69, 9.17) is 5.73 Å². The van der Waals surface area contributed by atoms with Gasteiger partial charge in [-0.2, -0.15) is 0 Å². The van der Waals surface area contributed by atoms with Crippen LogP contribution in [0.15, 0.2) is 22.7 Å². The zero-order valence-corrected chi connectivity index (χ0v) is 12.2. The van der Waals surface area contributed by atoms with E-state index in [1.165, 1.54) is 25.7 Å². The normalized spacial score (nSPS) is 17.7. The number of amides is 1. The molecule has 18 heavy (non-hydrogen) atoms. The molecule has 0 saturated heterocycles. The lowest BCUT2D eigenvalue weighted by molar-refractivity contribution is 0.0927. The lowest BCUT2D eigenvalue weighted by Gasteiger charge is -2.20. The largest absolute Gasteiger partial charge is 0.398 e. The van der Waals surface area contributed by atoms with Gasteiger partial charge >= 0.3 is 0 Å². The number of anilines is 1. The van der Waals surface area contributed by atoms with Gasteiger partial charge in [-0.1, -0.05) is 12.8 Å². The van der Waals surface area contributed by atoms with Crippen LogP contribution < -0.4 is 11.1 Å². The van der Waals surface area contributed by atoms with Crippen molar-refractivity contribution in [1.29, 1.82) is 0 Å². The van der Waals surface area contributed by atoms with Gasteiger partial charge in [-0.25, -0.2) is 0 Å². The van der Waals surface area contributed by atoms with Gasteiger partial charge in [0.05, 0.1) is 0 Å². The Kier molecular flexibility index (Phi) is 4.27. The maximum atomic E-state index is 12.1. The van der Waals surface area contributed by atoms with E-state index in [0.29, 0.717) is 17.2 Å². The fourth-order valence-corrected chi connectivity index (χ4v) is 2.80. The molecule has 1 aromatic carbocycles. The average Bonchev–Trinajstić information content (AvgIpc) is 2.86. The number of carbonyl (C=O) groups excluding carboxylic acids is 1. The monoisotopic (exact) mass is 310 g/mol. The Morgan fingerprint density at radius 3 is 2.72 bits per heavy atom. The summed E-state index contributed by atoms with van der Waals surface area (Å²) in [6.07, 6.45) is 5.03. The minimum Gasteiger partial charge on any atom is -0.398 e. The number of nitrogens with two attached hydrogens (primary N) is 1. The first-order valence-electron chi connectivity index (χ1n) is 6.44. The standard InChI is InChI=1S/C14H19BrN2O/c1-9(10-4-2-3-5-10)17-14(18)11-6-7-12(15)13(16)8-11/h6-10H,2-5,16H2,1H3,(H,17,18). The zero-order chi connectivity index (χ0) is 13.1. The molecule has 1 fully saturated rings. The SMILES string of the molecule is CC(NC(=O)c1ccc(Br)c(N)c1)C1CCCC1. The number of hydrogen-bond donors (Lipinski definition) is 2. The number of halogens is 1. The minimum absolute atomic E-state index is 0.0337. The summed E-state index contributed by atoms with van der Waals surface area (Å²) in [7, 11) is 0. The van der Waals surface area contributed by atoms with Crippen molar-refractivity contribution in [3.05, 3.63) is 28.2 Å². The summed E-state index contributed by atoms with van der Waals surface area (Å²) in [5.74, 6) is 0.593. The third-order valence-electron chi connectivity index (χ3n) is 3.72. The Morgan fingerprint density at radius 1 is 1.44 bits per heavy atom. The van der Waals surface area contributed by atoms with Gasteiger partial charge in [0.1, 0.15) is 0 Å². The lowest BCUT2D eigenvalue weighted by atomic mass is 9.99. The molecule has 1 aromatic rings. The molecule has 1 amide bonds. The number of rotatable bonds is 3. The van der Waals surface area contributed by atoms with E-state index in [0.717, 1.165) is 4.47 Å². The van der Waals surface area contributed by atoms with E-state index in [9.17, 15) is 4.79 Å². The topological polar surface area (TPSA) is 55.1 Å². The van der Waals surface area contributed by atoms with Crippen LogP contribution in [-0.4, -0.2) is 11.9 Å². The fraction of sp³-hybridized carbons (Fsp3) is 0.500. The van der Waals surface area contributed by atoms with Crippen LogP contribution >= 0.6 is 15.9 Å². The van der Waals surface area contributed by atoms with Crippen LogP contribution in [0, 0.1) is 5.92 Å². The maximum Gasteiger partial charge on any atom is 0.251 e. The van der Waals surface area contributed by atoms with Crippen molar-refractivity contribution in [2.24, 2.45) is 5.92 Å². The summed E-state index contributed by atoms with van der Waals surface area (Å²) in [4.78, 5) is 12.1. The first-order valence-corrected chi connectivity index (χ1v) is 7.23. The van der Waals surface area contributed by atoms with Crippen molar-refractivity contribution in [3.63, 3.8) is 0 Å². The molecule has 4 heteroatoms. The van der Waals surface area contributed by atoms with Crippen LogP contribution in [0.3, 0.4) is 0 Å². The zero-order valence-electron chi connectivity index (χ0n) is 10.6. The number of nitrogens with one attached hydrogen (secondary N) is 1. The fourth-order valence-electron chi connectivity index (χ4n) is 2.55. The van der Waals surface area contributed by atoms with E-state index in [2.05, 4.69) is 28.2 Å². The first kappa shape index (κ1) is 13.4. The van der Waals surface area contributed by atoms with Gasteiger partial charge in [-0.15, -0.1) is 0 Å². The molecule has 1 aliphatic rings. The first-order chi connectivity index (χ1) is 8.58. The number of nitrogen functional groups attached to an aromatic ring is 1. The van der Waals surface area contributed by atoms with Crippen LogP contribution in [-0.2, 0) is 0 Å². The van der Waals surface area contributed by atoms with E-state index in [1.54, 1.807) is 12.1 Å². The molecule has 1 atom stereocenters. The molecule has 2 rings (SSSR count). The van der Waals surface area contributed by atoms with Crippen molar-refractivity contribution >= 4 is 27.5 Å². The molecule has 0 bridgehead atoms. The van der Waals surface area contributed by atoms with Crippen LogP contribution in [0.25, 0.3) is 0 Å². The van der Waals surface area contributed by atoms with E-state index in [-0.39, 0.29) is 11.9 Å². The smallest absolute Gasteiger partial charge is 0.251 e. The van der Waals surface area contributed by atoms with E-state index in [1.807, 2.05) is 6.07 Å². The maximum absolute atomic E-state index is 12.1. The highest BCUT2D eigenvalue weighted by atomic mass is 79.9. The van der Waals surface area contributed by atoms with E-state index >= 15 is 0 Å². The predicted octanol–water partition coefficient (Wildman–Crippen LogP) is 3.34. The van der Waals surface area contributed by atoms with Crippen LogP contribution in [0.4, 0.5) is 5.69 Å². The Hall–Kier alpha value is -1.03. The molecular weight excluding hydrogens is 292 g/mol. The quantitative estimate of drug-likeness (QED) is 0.841. The van der Waals surface area contributed by atoms with Crippen molar-refractivity contribution in [1.82, 2.24) is 5.32 Å². The second-order valence-electron chi connectivity index (χ2n) is 5.04. The summed E-state index contributed by atoms with van der Waals surface area (Å²) < 4.78 is 0.822. The third kappa shape index (κ3) is 3.05. The van der Waals surface area contributed by atoms with Crippen molar-refractivity contribution in [3.8, 4) is 0 Å². The van der Waals surface area contributed by atoms with Gasteiger partial charge in [0.15, 0.2) is 0 Å². The van der Waals surface area contributed by atoms with Crippen LogP contribution in [0.1, 0.15) is 43.0 Å². The van der Waals surface area contributed by atoms with Crippen LogP contribution in [0.2, 0.25) is 0 Å². The Balaban J connectivity index is 2.00. The van der Waals surface area contributed by atoms with Gasteiger partial charge in [-0.05, 0) is 59.8 Å². The summed E-state index contributed by atoms with van der Waals surface area (Å²) in [5.41, 5.74) is 7.00. The summed E-state index contributed by atoms with van der Waals surface area (Å²) >= 11 is 3.33. The molecule has 1 saturated carbocycles. The Morgan fingerprint density at radius 2 is 2.11 bits per heavy atom. The summed E-state index contributed by atoms with van der Waals surface area (Å²) in [6, 6.07) is 5.55. The molecule has 0 spiro atoms. The van der Waals surface area contributed by atoms with Gasteiger partial charge in [0.2, 0.25) is 0 Å². The van der Waals surface area contributed by atoms with E-state index < -0.39 is 0 Å². The molecule has 98 valence electrons. The molecule has 1 aliphatic carbocycles. The van der Waals surface area contributed by atoms with Crippen molar-refractivity contribution in [2.45, 2.75) is 38.6 Å². The molecule has 0 heterocycles. The highest BCUT2D eigenvalue weighted by Crippen LogP contribution is 2.27. The summed E-state index contributed by atoms with van der Waals surface area (Å²) in [5, 5.41) is 3.07. The van der Waals surface area contributed by atoms with Crippen molar-refractivity contribution < 1.29 is 4.79 Å². The number of carbonyl (C=O) groups is 1. The van der Waals surface area contributed by atoms with Crippen molar-refractivity contribution in [2.75, 3.05) is 5.73 Å². The molecule has 0 aromatic heterocycles. The highest BCUT2D eigenvalue weighted by Gasteiger charge is 2.23. The van der Waals surface area contributed by atoms with Gasteiger partial charge in [0, 0.05) is 21.8 Å². The molecular formula is C14H19BrN2O. The third-order valence-corrected chi connectivity index (χ3v) is 4.45. The highest BCUT2D eigenvalue weighted by molar-refractivity contribution is 9.10. The molecule has 0 aliphatic heterocycles. The number of benzene rings is 1. The second-order valence-corrected chi connectivity index (χ2v) is 5.90. The van der Waals surface area contributed by atoms with Gasteiger partial charge in [-0.3, -0.25) is 4.79 Å². The predicted molar refractivity (Wildman–Crippen MR) is 77.4 cm³/mol. The molecule has 3 N–H and O–H groups in total. The van der Waals surface area contributed by atoms with Crippen LogP contribution in [0.5, 0.6) is 0 Å². The summed E-state index contributed by atoms with van der Waals surface area (Å²) in [6.45, 7) is 2.09. The second kappa shape index (κ2) is 5.74. The minimum atomic E-state index is -0.0337. The van der Waals surface area contributed by atoms with Gasteiger partial charge < -0.3 is 11.1 Å². The Bertz CT molecular complexity index is 441.